The van der Waals surface area contributed by atoms with Crippen LogP contribution in [-0.2, 0) is 10.0 Å². The predicted molar refractivity (Wildman–Crippen MR) is 96.4 cm³/mol. The molecule has 1 aliphatic rings. The van der Waals surface area contributed by atoms with Crippen LogP contribution in [0.2, 0.25) is 0 Å². The quantitative estimate of drug-likeness (QED) is 0.833. The normalized spacial score (nSPS) is 18.9. The van der Waals surface area contributed by atoms with Crippen LogP contribution in [0.15, 0.2) is 23.1 Å². The van der Waals surface area contributed by atoms with Crippen LogP contribution in [0.4, 0.5) is 0 Å². The third-order valence-corrected chi connectivity index (χ3v) is 5.68. The molecule has 0 unspecified atom stereocenters. The van der Waals surface area contributed by atoms with Crippen LogP contribution in [0.5, 0.6) is 5.75 Å². The monoisotopic (exact) mass is 369 g/mol. The Kier molecular flexibility index (Phi) is 5.75. The topological polar surface area (TPSA) is 87.7 Å². The molecule has 7 nitrogen and oxygen atoms in total. The Hall–Kier alpha value is -1.64. The molecule has 1 amide bonds. The standard InChI is InChI=1S/C17H27N3O4S/c1-12-11-18-8-9-20(12)16(21)13-6-7-14(24-5)15(10-13)25(22,23)19-17(2,3)4/h6-7,10,12,18-19H,8-9,11H2,1-5H3/t12-/m0/s1. The third-order valence-electron chi connectivity index (χ3n) is 3.90. The van der Waals surface area contributed by atoms with Gasteiger partial charge in [-0.15, -0.1) is 0 Å². The lowest BCUT2D eigenvalue weighted by Gasteiger charge is -2.34. The van der Waals surface area contributed by atoms with Gasteiger partial charge in [0, 0.05) is 36.8 Å². The second-order valence-corrected chi connectivity index (χ2v) is 8.92. The van der Waals surface area contributed by atoms with E-state index in [2.05, 4.69) is 10.0 Å². The van der Waals surface area contributed by atoms with Crippen LogP contribution >= 0.6 is 0 Å². The number of amides is 1. The second kappa shape index (κ2) is 7.31. The Labute approximate surface area is 149 Å². The molecule has 0 bridgehead atoms. The molecular weight excluding hydrogens is 342 g/mol. The first kappa shape index (κ1) is 19.7. The third kappa shape index (κ3) is 4.71. The Balaban J connectivity index is 2.41. The van der Waals surface area contributed by atoms with E-state index in [9.17, 15) is 13.2 Å². The summed E-state index contributed by atoms with van der Waals surface area (Å²) in [6.07, 6.45) is 0. The van der Waals surface area contributed by atoms with E-state index >= 15 is 0 Å². The molecule has 0 radical (unpaired) electrons. The van der Waals surface area contributed by atoms with Crippen LogP contribution < -0.4 is 14.8 Å². The molecule has 0 aliphatic carbocycles. The van der Waals surface area contributed by atoms with Gasteiger partial charge in [-0.1, -0.05) is 0 Å². The maximum absolute atomic E-state index is 12.8. The summed E-state index contributed by atoms with van der Waals surface area (Å²) in [6, 6.07) is 4.57. The van der Waals surface area contributed by atoms with Crippen molar-refractivity contribution in [2.45, 2.75) is 44.2 Å². The van der Waals surface area contributed by atoms with E-state index in [0.29, 0.717) is 12.1 Å². The molecule has 1 aromatic carbocycles. The summed E-state index contributed by atoms with van der Waals surface area (Å²) in [5, 5.41) is 3.23. The molecule has 8 heteroatoms. The largest absolute Gasteiger partial charge is 0.495 e. The second-order valence-electron chi connectivity index (χ2n) is 7.27. The van der Waals surface area contributed by atoms with E-state index in [1.807, 2.05) is 6.92 Å². The van der Waals surface area contributed by atoms with Gasteiger partial charge in [-0.05, 0) is 45.9 Å². The van der Waals surface area contributed by atoms with E-state index in [4.69, 9.17) is 4.74 Å². The number of benzene rings is 1. The molecule has 1 heterocycles. The van der Waals surface area contributed by atoms with E-state index in [1.54, 1.807) is 31.7 Å². The van der Waals surface area contributed by atoms with Crippen molar-refractivity contribution >= 4 is 15.9 Å². The van der Waals surface area contributed by atoms with E-state index in [-0.39, 0.29) is 22.6 Å². The number of nitrogens with one attached hydrogen (secondary N) is 2. The van der Waals surface area contributed by atoms with E-state index in [1.165, 1.54) is 19.2 Å². The molecule has 0 aromatic heterocycles. The lowest BCUT2D eigenvalue weighted by Crippen LogP contribution is -2.52. The maximum Gasteiger partial charge on any atom is 0.254 e. The highest BCUT2D eigenvalue weighted by Gasteiger charge is 2.29. The molecule has 1 fully saturated rings. The summed E-state index contributed by atoms with van der Waals surface area (Å²) in [5.41, 5.74) is -0.305. The van der Waals surface area contributed by atoms with E-state index < -0.39 is 15.6 Å². The maximum atomic E-state index is 12.8. The Bertz CT molecular complexity index is 741. The molecule has 25 heavy (non-hydrogen) atoms. The number of hydrogen-bond donors (Lipinski definition) is 2. The number of ether oxygens (including phenoxy) is 1. The first-order valence-electron chi connectivity index (χ1n) is 8.29. The van der Waals surface area contributed by atoms with Crippen LogP contribution in [0.3, 0.4) is 0 Å². The average molecular weight is 369 g/mol. The highest BCUT2D eigenvalue weighted by Crippen LogP contribution is 2.27. The van der Waals surface area contributed by atoms with Gasteiger partial charge < -0.3 is 15.0 Å². The highest BCUT2D eigenvalue weighted by molar-refractivity contribution is 7.89. The van der Waals surface area contributed by atoms with Crippen molar-refractivity contribution in [2.24, 2.45) is 0 Å². The fraction of sp³-hybridized carbons (Fsp3) is 0.588. The molecule has 2 rings (SSSR count). The van der Waals surface area contributed by atoms with Crippen LogP contribution in [0.1, 0.15) is 38.1 Å². The first-order chi connectivity index (χ1) is 11.5. The molecule has 1 atom stereocenters. The minimum Gasteiger partial charge on any atom is -0.495 e. The Morgan fingerprint density at radius 1 is 1.36 bits per heavy atom. The van der Waals surface area contributed by atoms with Crippen molar-refractivity contribution in [3.05, 3.63) is 23.8 Å². The first-order valence-corrected chi connectivity index (χ1v) is 9.77. The lowest BCUT2D eigenvalue weighted by atomic mass is 10.1. The summed E-state index contributed by atoms with van der Waals surface area (Å²) in [4.78, 5) is 14.5. The molecule has 0 saturated carbocycles. The number of hydrogen-bond acceptors (Lipinski definition) is 5. The van der Waals surface area contributed by atoms with Gasteiger partial charge in [0.05, 0.1) is 7.11 Å². The van der Waals surface area contributed by atoms with Crippen LogP contribution in [0, 0.1) is 0 Å². The van der Waals surface area contributed by atoms with Crippen molar-refractivity contribution in [2.75, 3.05) is 26.7 Å². The zero-order valence-corrected chi connectivity index (χ0v) is 16.2. The molecular formula is C17H27N3O4S. The molecule has 1 aliphatic heterocycles. The average Bonchev–Trinajstić information content (AvgIpc) is 2.52. The zero-order chi connectivity index (χ0) is 18.8. The van der Waals surface area contributed by atoms with E-state index in [0.717, 1.165) is 13.1 Å². The number of carbonyl (C=O) groups is 1. The summed E-state index contributed by atoms with van der Waals surface area (Å²) in [7, 11) is -2.41. The van der Waals surface area contributed by atoms with Crippen molar-refractivity contribution < 1.29 is 17.9 Å². The van der Waals surface area contributed by atoms with Crippen molar-refractivity contribution in [1.82, 2.24) is 14.9 Å². The zero-order valence-electron chi connectivity index (χ0n) is 15.4. The number of rotatable bonds is 4. The minimum atomic E-state index is -3.82. The Morgan fingerprint density at radius 2 is 2.04 bits per heavy atom. The van der Waals surface area contributed by atoms with Gasteiger partial charge in [-0.25, -0.2) is 13.1 Å². The summed E-state index contributed by atoms with van der Waals surface area (Å²) < 4.78 is 33.2. The summed E-state index contributed by atoms with van der Waals surface area (Å²) in [6.45, 7) is 9.28. The van der Waals surface area contributed by atoms with Crippen molar-refractivity contribution in [3.8, 4) is 5.75 Å². The van der Waals surface area contributed by atoms with Crippen LogP contribution in [-0.4, -0.2) is 57.5 Å². The van der Waals surface area contributed by atoms with Gasteiger partial charge in [-0.2, -0.15) is 0 Å². The molecule has 0 spiro atoms. The number of sulfonamides is 1. The van der Waals surface area contributed by atoms with Gasteiger partial charge in [0.25, 0.3) is 5.91 Å². The lowest BCUT2D eigenvalue weighted by molar-refractivity contribution is 0.0655. The molecule has 1 saturated heterocycles. The molecule has 2 N–H and O–H groups in total. The minimum absolute atomic E-state index is 0.0291. The predicted octanol–water partition coefficient (Wildman–Crippen LogP) is 1.21. The van der Waals surface area contributed by atoms with Crippen molar-refractivity contribution in [1.29, 1.82) is 0 Å². The number of piperazine rings is 1. The number of methoxy groups -OCH3 is 1. The smallest absolute Gasteiger partial charge is 0.254 e. The summed E-state index contributed by atoms with van der Waals surface area (Å²) >= 11 is 0. The van der Waals surface area contributed by atoms with Crippen LogP contribution in [0.25, 0.3) is 0 Å². The van der Waals surface area contributed by atoms with Gasteiger partial charge >= 0.3 is 0 Å². The fourth-order valence-electron chi connectivity index (χ4n) is 2.79. The van der Waals surface area contributed by atoms with Gasteiger partial charge in [-0.3, -0.25) is 4.79 Å². The SMILES string of the molecule is COc1ccc(C(=O)N2CCNC[C@@H]2C)cc1S(=O)(=O)NC(C)(C)C. The number of carbonyl (C=O) groups excluding carboxylic acids is 1. The van der Waals surface area contributed by atoms with Gasteiger partial charge in [0.1, 0.15) is 10.6 Å². The molecule has 1 aromatic rings. The highest BCUT2D eigenvalue weighted by atomic mass is 32.2. The van der Waals surface area contributed by atoms with Crippen molar-refractivity contribution in [3.63, 3.8) is 0 Å². The number of nitrogens with zero attached hydrogens (tertiary/aromatic N) is 1. The fourth-order valence-corrected chi connectivity index (χ4v) is 4.40. The Morgan fingerprint density at radius 3 is 2.60 bits per heavy atom. The molecule has 140 valence electrons. The van der Waals surface area contributed by atoms with Gasteiger partial charge in [0.2, 0.25) is 10.0 Å². The van der Waals surface area contributed by atoms with Gasteiger partial charge in [0.15, 0.2) is 0 Å². The summed E-state index contributed by atoms with van der Waals surface area (Å²) in [5.74, 6) is 0.0329.